The van der Waals surface area contributed by atoms with Gasteiger partial charge in [-0.2, -0.15) is 0 Å². The summed E-state index contributed by atoms with van der Waals surface area (Å²) in [6.45, 7) is 3.65. The van der Waals surface area contributed by atoms with Crippen molar-refractivity contribution in [2.45, 2.75) is 13.1 Å². The van der Waals surface area contributed by atoms with Crippen LogP contribution in [0.4, 0.5) is 0 Å². The van der Waals surface area contributed by atoms with Gasteiger partial charge in [-0.05, 0) is 65.8 Å². The van der Waals surface area contributed by atoms with Crippen LogP contribution in [0, 0.1) is 5.92 Å². The number of morpholine rings is 1. The smallest absolute Gasteiger partial charge is 0.251 e. The van der Waals surface area contributed by atoms with Gasteiger partial charge in [0.1, 0.15) is 5.92 Å². The average molecular weight is 521 g/mol. The van der Waals surface area contributed by atoms with E-state index in [1.807, 2.05) is 42.5 Å². The number of amides is 2. The lowest BCUT2D eigenvalue weighted by atomic mass is 9.93. The first-order valence-corrected chi connectivity index (χ1v) is 12.5. The van der Waals surface area contributed by atoms with Crippen LogP contribution in [0.15, 0.2) is 77.4 Å². The minimum atomic E-state index is -0.461. The fourth-order valence-electron chi connectivity index (χ4n) is 4.33. The second kappa shape index (κ2) is 10.7. The van der Waals surface area contributed by atoms with Crippen molar-refractivity contribution in [3.05, 3.63) is 94.2 Å². The van der Waals surface area contributed by atoms with Gasteiger partial charge in [0.15, 0.2) is 0 Å². The molecule has 36 heavy (non-hydrogen) atoms. The molecule has 0 aromatic heterocycles. The van der Waals surface area contributed by atoms with E-state index in [4.69, 9.17) is 28.6 Å². The van der Waals surface area contributed by atoms with Crippen LogP contribution in [-0.2, 0) is 22.6 Å². The number of nitrogens with one attached hydrogen (secondary N) is 1. The Labute approximate surface area is 220 Å². The maximum Gasteiger partial charge on any atom is 0.251 e. The molecule has 1 fully saturated rings. The van der Waals surface area contributed by atoms with E-state index in [1.54, 1.807) is 24.3 Å². The van der Waals surface area contributed by atoms with E-state index >= 15 is 0 Å². The highest BCUT2D eigenvalue weighted by atomic mass is 35.5. The van der Waals surface area contributed by atoms with Gasteiger partial charge in [0.25, 0.3) is 5.91 Å². The molecule has 1 atom stereocenters. The molecule has 1 N–H and O–H groups in total. The van der Waals surface area contributed by atoms with Crippen LogP contribution in [-0.4, -0.2) is 58.7 Å². The fraction of sp³-hybridized carbons (Fsp3) is 0.259. The minimum Gasteiger partial charge on any atom is -0.378 e. The van der Waals surface area contributed by atoms with Crippen molar-refractivity contribution in [3.63, 3.8) is 0 Å². The highest BCUT2D eigenvalue weighted by Gasteiger charge is 2.35. The van der Waals surface area contributed by atoms with E-state index in [9.17, 15) is 9.59 Å². The monoisotopic (exact) mass is 520 g/mol. The molecule has 2 heterocycles. The van der Waals surface area contributed by atoms with E-state index in [0.29, 0.717) is 42.6 Å². The number of allylic oxidation sites excluding steroid dienone is 2. The van der Waals surface area contributed by atoms with Gasteiger partial charge in [-0.3, -0.25) is 14.5 Å². The van der Waals surface area contributed by atoms with Crippen LogP contribution in [0.1, 0.15) is 21.5 Å². The largest absolute Gasteiger partial charge is 0.378 e. The number of ether oxygens (including phenoxy) is 1. The molecule has 9 heteroatoms. The highest BCUT2D eigenvalue weighted by Crippen LogP contribution is 2.26. The van der Waals surface area contributed by atoms with Crippen molar-refractivity contribution in [1.82, 2.24) is 15.1 Å². The first kappa shape index (κ1) is 24.4. The van der Waals surface area contributed by atoms with Gasteiger partial charge in [0.05, 0.1) is 25.5 Å². The third-order valence-electron chi connectivity index (χ3n) is 6.37. The molecule has 2 aromatic carbocycles. The summed E-state index contributed by atoms with van der Waals surface area (Å²) in [6.07, 6.45) is 5.84. The second-order valence-corrected chi connectivity index (χ2v) is 9.55. The zero-order chi connectivity index (χ0) is 25.1. The number of benzene rings is 2. The summed E-state index contributed by atoms with van der Waals surface area (Å²) in [7, 11) is 0. The maximum absolute atomic E-state index is 13.4. The number of hydrogen-bond donors (Lipinski definition) is 1. The van der Waals surface area contributed by atoms with Gasteiger partial charge >= 0.3 is 0 Å². The van der Waals surface area contributed by atoms with Gasteiger partial charge in [-0.1, -0.05) is 35.9 Å². The van der Waals surface area contributed by atoms with E-state index in [-0.39, 0.29) is 16.9 Å². The zero-order valence-corrected chi connectivity index (χ0v) is 21.1. The van der Waals surface area contributed by atoms with Crippen molar-refractivity contribution in [2.24, 2.45) is 10.9 Å². The first-order chi connectivity index (χ1) is 17.5. The Morgan fingerprint density at radius 3 is 2.47 bits per heavy atom. The molecule has 5 rings (SSSR count). The number of carbonyl (C=O) groups excluding carboxylic acids is 2. The molecule has 2 aromatic rings. The number of aliphatic imine (C=N–C) groups is 1. The van der Waals surface area contributed by atoms with Crippen molar-refractivity contribution in [2.75, 3.05) is 26.3 Å². The molecular formula is C27H25ClN4O3S. The normalized spacial score (nSPS) is 19.5. The Morgan fingerprint density at radius 1 is 1.06 bits per heavy atom. The summed E-state index contributed by atoms with van der Waals surface area (Å²) in [5.74, 6) is -0.729. The quantitative estimate of drug-likeness (QED) is 0.587. The molecule has 0 bridgehead atoms. The van der Waals surface area contributed by atoms with Crippen LogP contribution >= 0.6 is 23.8 Å². The van der Waals surface area contributed by atoms with Crippen LogP contribution < -0.4 is 5.32 Å². The fourth-order valence-corrected chi connectivity index (χ4v) is 4.72. The summed E-state index contributed by atoms with van der Waals surface area (Å²) in [5.41, 5.74) is 4.05. The Balaban J connectivity index is 1.23. The lowest BCUT2D eigenvalue weighted by Gasteiger charge is -2.35. The van der Waals surface area contributed by atoms with Crippen LogP contribution in [0.2, 0.25) is 5.02 Å². The molecule has 1 unspecified atom stereocenters. The maximum atomic E-state index is 13.4. The van der Waals surface area contributed by atoms with E-state index in [1.165, 1.54) is 4.90 Å². The summed E-state index contributed by atoms with van der Waals surface area (Å²) >= 11 is 11.4. The number of rotatable bonds is 6. The minimum absolute atomic E-state index is 0.0927. The van der Waals surface area contributed by atoms with E-state index < -0.39 is 5.92 Å². The Morgan fingerprint density at radius 2 is 1.75 bits per heavy atom. The van der Waals surface area contributed by atoms with Crippen molar-refractivity contribution in [3.8, 4) is 0 Å². The van der Waals surface area contributed by atoms with E-state index in [2.05, 4.69) is 15.2 Å². The number of halogens is 1. The first-order valence-electron chi connectivity index (χ1n) is 11.8. The number of thiocarbonyl (C=S) groups is 1. The Hall–Kier alpha value is -3.33. The molecular weight excluding hydrogens is 496 g/mol. The van der Waals surface area contributed by atoms with Gasteiger partial charge in [0.2, 0.25) is 11.0 Å². The number of hydrogen-bond acceptors (Lipinski definition) is 5. The third kappa shape index (κ3) is 5.41. The van der Waals surface area contributed by atoms with Gasteiger partial charge in [-0.25, -0.2) is 4.99 Å². The SMILES string of the molecule is O=C(NCc1ccc(Cl)cc1)c1ccc(CN2C(=O)C3C=C(N4CCOCC4)C=CC3=NC2=S)cc1. The molecule has 7 nitrogen and oxygen atoms in total. The lowest BCUT2D eigenvalue weighted by molar-refractivity contribution is -0.129. The number of nitrogens with zero attached hydrogens (tertiary/aromatic N) is 3. The second-order valence-electron chi connectivity index (χ2n) is 8.75. The molecule has 2 amide bonds. The van der Waals surface area contributed by atoms with Crippen LogP contribution in [0.5, 0.6) is 0 Å². The van der Waals surface area contributed by atoms with Gasteiger partial charge in [0, 0.05) is 35.9 Å². The standard InChI is InChI=1S/C27H25ClN4O3S/c28-21-7-3-18(4-8-21)16-29-25(33)20-5-1-19(2-6-20)17-32-26(34)23-15-22(31-11-13-35-14-12-31)9-10-24(23)30-27(32)36/h1-10,15,23H,11-14,16-17H2,(H,29,33). The molecule has 0 radical (unpaired) electrons. The van der Waals surface area contributed by atoms with Crippen molar-refractivity contribution in [1.29, 1.82) is 0 Å². The lowest BCUT2D eigenvalue weighted by Crippen LogP contribution is -2.46. The number of carbonyl (C=O) groups is 2. The van der Waals surface area contributed by atoms with E-state index in [0.717, 1.165) is 29.9 Å². The average Bonchev–Trinajstić information content (AvgIpc) is 2.91. The molecule has 2 aliphatic heterocycles. The molecule has 1 aliphatic carbocycles. The molecule has 0 spiro atoms. The Kier molecular flexibility index (Phi) is 7.27. The summed E-state index contributed by atoms with van der Waals surface area (Å²) in [5, 5.41) is 3.81. The Bertz CT molecular complexity index is 1260. The topological polar surface area (TPSA) is 74.2 Å². The summed E-state index contributed by atoms with van der Waals surface area (Å²) < 4.78 is 5.44. The summed E-state index contributed by atoms with van der Waals surface area (Å²) in [6, 6.07) is 14.5. The molecule has 1 saturated heterocycles. The van der Waals surface area contributed by atoms with Crippen LogP contribution in [0.25, 0.3) is 0 Å². The zero-order valence-electron chi connectivity index (χ0n) is 19.5. The summed E-state index contributed by atoms with van der Waals surface area (Å²) in [4.78, 5) is 34.2. The molecule has 184 valence electrons. The number of fused-ring (bicyclic) bond motifs is 1. The van der Waals surface area contributed by atoms with Crippen LogP contribution in [0.3, 0.4) is 0 Å². The molecule has 3 aliphatic rings. The van der Waals surface area contributed by atoms with Crippen molar-refractivity contribution >= 4 is 46.5 Å². The molecule has 0 saturated carbocycles. The van der Waals surface area contributed by atoms with Gasteiger partial charge in [-0.15, -0.1) is 0 Å². The third-order valence-corrected chi connectivity index (χ3v) is 6.93. The van der Waals surface area contributed by atoms with Gasteiger partial charge < -0.3 is 15.0 Å². The predicted molar refractivity (Wildman–Crippen MR) is 143 cm³/mol. The highest BCUT2D eigenvalue weighted by molar-refractivity contribution is 7.80. The van der Waals surface area contributed by atoms with Crippen molar-refractivity contribution < 1.29 is 14.3 Å². The predicted octanol–water partition coefficient (Wildman–Crippen LogP) is 3.74.